The van der Waals surface area contributed by atoms with Crippen LogP contribution in [0.15, 0.2) is 0 Å². The van der Waals surface area contributed by atoms with Gasteiger partial charge in [0.15, 0.2) is 0 Å². The molecule has 0 atom stereocenters. The first-order valence-corrected chi connectivity index (χ1v) is 2.56. The molecule has 0 aliphatic carbocycles. The lowest BCUT2D eigenvalue weighted by Crippen LogP contribution is -2.22. The molecule has 0 bridgehead atoms. The van der Waals surface area contributed by atoms with Crippen LogP contribution in [0.1, 0.15) is 0 Å². The number of nitrogens with two attached hydrogens (primary N) is 1. The third-order valence-electron chi connectivity index (χ3n) is 0.782. The fourth-order valence-electron chi connectivity index (χ4n) is 0.390. The zero-order valence-electron chi connectivity index (χ0n) is 5.03. The summed E-state index contributed by atoms with van der Waals surface area (Å²) in [5.74, 6) is -0.211. The van der Waals surface area contributed by atoms with Gasteiger partial charge in [-0.1, -0.05) is 5.10 Å². The lowest BCUT2D eigenvalue weighted by Gasteiger charge is -1.92. The molecular weight excluding hydrogens is 136 g/mol. The van der Waals surface area contributed by atoms with Crippen molar-refractivity contribution in [3.05, 3.63) is 0 Å². The zero-order valence-corrected chi connectivity index (χ0v) is 5.03. The van der Waals surface area contributed by atoms with Gasteiger partial charge in [0.1, 0.15) is 0 Å². The maximum atomic E-state index is 10.5. The molecule has 1 heterocycles. The second kappa shape index (κ2) is 2.87. The van der Waals surface area contributed by atoms with Crippen LogP contribution in [0.2, 0.25) is 0 Å². The number of hydrogen-bond donors (Lipinski definition) is 3. The van der Waals surface area contributed by atoms with Crippen molar-refractivity contribution in [2.24, 2.45) is 5.73 Å². The third-order valence-corrected chi connectivity index (χ3v) is 0.782. The normalized spacial score (nSPS) is 9.30. The Hall–Kier alpha value is -1.50. The Kier molecular flexibility index (Phi) is 1.90. The summed E-state index contributed by atoms with van der Waals surface area (Å²) in [7, 11) is 0. The van der Waals surface area contributed by atoms with Crippen LogP contribution >= 0.6 is 0 Å². The quantitative estimate of drug-likeness (QED) is 0.446. The minimum absolute atomic E-state index is 0.0888. The van der Waals surface area contributed by atoms with Crippen LogP contribution in [-0.4, -0.2) is 33.1 Å². The Morgan fingerprint density at radius 3 is 3.10 bits per heavy atom. The number of hydrogen-bond acceptors (Lipinski definition) is 5. The van der Waals surface area contributed by atoms with Crippen molar-refractivity contribution in [3.63, 3.8) is 0 Å². The van der Waals surface area contributed by atoms with Gasteiger partial charge in [0.05, 0.1) is 6.54 Å². The van der Waals surface area contributed by atoms with Crippen molar-refractivity contribution < 1.29 is 4.79 Å². The zero-order chi connectivity index (χ0) is 7.40. The molecule has 0 radical (unpaired) electrons. The van der Waals surface area contributed by atoms with Crippen LogP contribution in [0.4, 0.5) is 5.95 Å². The van der Waals surface area contributed by atoms with Gasteiger partial charge in [0, 0.05) is 0 Å². The number of rotatable bonds is 2. The van der Waals surface area contributed by atoms with Gasteiger partial charge < -0.3 is 5.73 Å². The van der Waals surface area contributed by atoms with Gasteiger partial charge in [-0.15, -0.1) is 5.10 Å². The molecule has 7 nitrogen and oxygen atoms in total. The van der Waals surface area contributed by atoms with E-state index in [4.69, 9.17) is 5.73 Å². The smallest absolute Gasteiger partial charge is 0.269 e. The van der Waals surface area contributed by atoms with E-state index < -0.39 is 0 Å². The number of nitrogens with zero attached hydrogens (tertiary/aromatic N) is 3. The summed E-state index contributed by atoms with van der Waals surface area (Å²) in [6, 6.07) is 0. The molecule has 0 saturated heterocycles. The predicted molar refractivity (Wildman–Crippen MR) is 31.9 cm³/mol. The minimum Gasteiger partial charge on any atom is -0.322 e. The van der Waals surface area contributed by atoms with Crippen LogP contribution in [0.3, 0.4) is 0 Å². The summed E-state index contributed by atoms with van der Waals surface area (Å²) in [4.78, 5) is 10.5. The Bertz CT molecular complexity index is 205. The van der Waals surface area contributed by atoms with Crippen LogP contribution in [0, 0.1) is 0 Å². The van der Waals surface area contributed by atoms with Crippen LogP contribution in [-0.2, 0) is 4.79 Å². The highest BCUT2D eigenvalue weighted by Gasteiger charge is 2.00. The number of carbonyl (C=O) groups excluding carboxylic acids is 1. The minimum atomic E-state index is -0.346. The van der Waals surface area contributed by atoms with Gasteiger partial charge >= 0.3 is 0 Å². The molecule has 4 N–H and O–H groups in total. The Balaban J connectivity index is 2.48. The molecular formula is C3H6N6O. The SMILES string of the molecule is NCC(=O)Nc1nn[nH]n1. The fourth-order valence-corrected chi connectivity index (χ4v) is 0.390. The lowest BCUT2D eigenvalue weighted by atomic mass is 10.6. The average molecular weight is 142 g/mol. The van der Waals surface area contributed by atoms with Crippen molar-refractivity contribution >= 4 is 11.9 Å². The van der Waals surface area contributed by atoms with Crippen molar-refractivity contribution in [2.75, 3.05) is 11.9 Å². The fraction of sp³-hybridized carbons (Fsp3) is 0.333. The number of nitrogens with one attached hydrogen (secondary N) is 2. The van der Waals surface area contributed by atoms with E-state index in [1.807, 2.05) is 0 Å². The first-order chi connectivity index (χ1) is 4.83. The topological polar surface area (TPSA) is 110 Å². The highest BCUT2D eigenvalue weighted by molar-refractivity contribution is 5.90. The number of anilines is 1. The van der Waals surface area contributed by atoms with E-state index in [0.717, 1.165) is 0 Å². The van der Waals surface area contributed by atoms with Crippen molar-refractivity contribution in [1.29, 1.82) is 0 Å². The molecule has 1 aromatic rings. The molecule has 0 aromatic carbocycles. The molecule has 1 aromatic heterocycles. The summed E-state index contributed by atoms with van der Waals surface area (Å²) in [5.41, 5.74) is 4.99. The van der Waals surface area contributed by atoms with Gasteiger partial charge in [-0.25, -0.2) is 0 Å². The lowest BCUT2D eigenvalue weighted by molar-refractivity contribution is -0.114. The van der Waals surface area contributed by atoms with Gasteiger partial charge in [0.2, 0.25) is 5.91 Å². The molecule has 1 amide bonds. The Labute approximate surface area is 56.0 Å². The van der Waals surface area contributed by atoms with Crippen LogP contribution in [0.5, 0.6) is 0 Å². The van der Waals surface area contributed by atoms with Crippen LogP contribution in [0.25, 0.3) is 0 Å². The largest absolute Gasteiger partial charge is 0.322 e. The summed E-state index contributed by atoms with van der Waals surface area (Å²) >= 11 is 0. The highest BCUT2D eigenvalue weighted by Crippen LogP contribution is 1.87. The van der Waals surface area contributed by atoms with E-state index in [1.165, 1.54) is 0 Å². The van der Waals surface area contributed by atoms with E-state index in [1.54, 1.807) is 0 Å². The molecule has 54 valence electrons. The van der Waals surface area contributed by atoms with Crippen molar-refractivity contribution in [1.82, 2.24) is 20.6 Å². The summed E-state index contributed by atoms with van der Waals surface area (Å²) in [5, 5.41) is 14.6. The average Bonchev–Trinajstić information content (AvgIpc) is 2.40. The van der Waals surface area contributed by atoms with Gasteiger partial charge in [-0.3, -0.25) is 10.1 Å². The van der Waals surface area contributed by atoms with E-state index in [0.29, 0.717) is 0 Å². The van der Waals surface area contributed by atoms with Gasteiger partial charge in [-0.05, 0) is 5.21 Å². The number of amides is 1. The van der Waals surface area contributed by atoms with Gasteiger partial charge in [0.25, 0.3) is 5.95 Å². The van der Waals surface area contributed by atoms with E-state index in [2.05, 4.69) is 25.9 Å². The molecule has 0 aliphatic heterocycles. The second-order valence-corrected chi connectivity index (χ2v) is 1.49. The number of aromatic nitrogens is 4. The predicted octanol–water partition coefficient (Wildman–Crippen LogP) is -1.90. The standard InChI is InChI=1S/C3H6N6O/c4-1-2(10)5-3-6-8-9-7-3/h1,4H2,(H2,5,6,7,8,9,10). The molecule has 0 spiro atoms. The van der Waals surface area contributed by atoms with E-state index >= 15 is 0 Å². The first-order valence-electron chi connectivity index (χ1n) is 2.56. The molecule has 7 heteroatoms. The number of tetrazole rings is 1. The molecule has 10 heavy (non-hydrogen) atoms. The first kappa shape index (κ1) is 6.62. The summed E-state index contributed by atoms with van der Waals surface area (Å²) < 4.78 is 0. The monoisotopic (exact) mass is 142 g/mol. The maximum Gasteiger partial charge on any atom is 0.269 e. The van der Waals surface area contributed by atoms with E-state index in [-0.39, 0.29) is 18.4 Å². The number of H-pyrrole nitrogens is 1. The van der Waals surface area contributed by atoms with E-state index in [9.17, 15) is 4.79 Å². The van der Waals surface area contributed by atoms with Crippen LogP contribution < -0.4 is 11.1 Å². The maximum absolute atomic E-state index is 10.5. The molecule has 1 rings (SSSR count). The third kappa shape index (κ3) is 1.49. The molecule has 0 fully saturated rings. The molecule has 0 unspecified atom stereocenters. The molecule has 0 saturated carbocycles. The Morgan fingerprint density at radius 2 is 2.60 bits per heavy atom. The summed E-state index contributed by atoms with van der Waals surface area (Å²) in [6.07, 6.45) is 0. The molecule has 0 aliphatic rings. The highest BCUT2D eigenvalue weighted by atomic mass is 16.2. The Morgan fingerprint density at radius 1 is 1.80 bits per heavy atom. The number of aromatic amines is 1. The van der Waals surface area contributed by atoms with Crippen molar-refractivity contribution in [3.8, 4) is 0 Å². The van der Waals surface area contributed by atoms with Crippen molar-refractivity contribution in [2.45, 2.75) is 0 Å². The number of carbonyl (C=O) groups is 1. The second-order valence-electron chi connectivity index (χ2n) is 1.49. The summed E-state index contributed by atoms with van der Waals surface area (Å²) in [6.45, 7) is -0.0888. The van der Waals surface area contributed by atoms with Gasteiger partial charge in [-0.2, -0.15) is 5.21 Å².